The number of aryl methyl sites for hydroxylation is 1. The molecule has 1 aliphatic heterocycles. The minimum atomic E-state index is -0.310. The molecular weight excluding hydrogens is 398 g/mol. The molecule has 1 N–H and O–H groups in total. The summed E-state index contributed by atoms with van der Waals surface area (Å²) in [7, 11) is 1.62. The van der Waals surface area contributed by atoms with Gasteiger partial charge in [0.05, 0.1) is 18.7 Å². The smallest absolute Gasteiger partial charge is 0.231 e. The molecule has 0 radical (unpaired) electrons. The van der Waals surface area contributed by atoms with Crippen LogP contribution in [0.25, 0.3) is 0 Å². The Morgan fingerprint density at radius 3 is 2.67 bits per heavy atom. The number of anilines is 1. The lowest BCUT2D eigenvalue weighted by Gasteiger charge is -2.14. The number of rotatable bonds is 5. The number of methoxy groups -OCH3 is 1. The van der Waals surface area contributed by atoms with Crippen LogP contribution in [0, 0.1) is 6.92 Å². The Labute approximate surface area is 180 Å². The van der Waals surface area contributed by atoms with E-state index in [0.29, 0.717) is 17.1 Å². The SMILES string of the molecule is COc1ccc(C(C)C(=O)Nc2ccc(Cl)c(C3=Nc4ncc(C)cc4C3)c2)cc1. The molecule has 0 bridgehead atoms. The number of carbonyl (C=O) groups excluding carboxylic acids is 1. The van der Waals surface area contributed by atoms with Gasteiger partial charge in [0.2, 0.25) is 5.91 Å². The summed E-state index contributed by atoms with van der Waals surface area (Å²) in [4.78, 5) is 21.8. The normalized spacial score (nSPS) is 13.4. The van der Waals surface area contributed by atoms with Crippen molar-refractivity contribution >= 4 is 34.7 Å². The molecule has 2 aromatic carbocycles. The molecule has 1 unspecified atom stereocenters. The minimum Gasteiger partial charge on any atom is -0.497 e. The first-order valence-electron chi connectivity index (χ1n) is 9.72. The summed E-state index contributed by atoms with van der Waals surface area (Å²) in [5.41, 5.74) is 5.45. The van der Waals surface area contributed by atoms with Gasteiger partial charge in [-0.05, 0) is 55.3 Å². The fourth-order valence-corrected chi connectivity index (χ4v) is 3.70. The van der Waals surface area contributed by atoms with E-state index in [4.69, 9.17) is 16.3 Å². The molecule has 1 amide bonds. The molecule has 1 aliphatic rings. The Morgan fingerprint density at radius 2 is 1.93 bits per heavy atom. The zero-order chi connectivity index (χ0) is 21.3. The van der Waals surface area contributed by atoms with Crippen molar-refractivity contribution in [2.75, 3.05) is 12.4 Å². The van der Waals surface area contributed by atoms with Crippen LogP contribution >= 0.6 is 11.6 Å². The van der Waals surface area contributed by atoms with Crippen molar-refractivity contribution < 1.29 is 9.53 Å². The van der Waals surface area contributed by atoms with Crippen LogP contribution in [0.4, 0.5) is 11.5 Å². The molecule has 0 spiro atoms. The Hall–Kier alpha value is -3.18. The van der Waals surface area contributed by atoms with Gasteiger partial charge >= 0.3 is 0 Å². The van der Waals surface area contributed by atoms with Crippen LogP contribution in [0.2, 0.25) is 5.02 Å². The Bertz CT molecular complexity index is 1140. The number of benzene rings is 2. The van der Waals surface area contributed by atoms with Crippen LogP contribution in [0.3, 0.4) is 0 Å². The molecule has 0 saturated heterocycles. The third-order valence-corrected chi connectivity index (χ3v) is 5.56. The number of pyridine rings is 1. The first kappa shape index (κ1) is 20.1. The van der Waals surface area contributed by atoms with Crippen molar-refractivity contribution in [3.05, 3.63) is 82.0 Å². The topological polar surface area (TPSA) is 63.6 Å². The highest BCUT2D eigenvalue weighted by Gasteiger charge is 2.21. The predicted octanol–water partition coefficient (Wildman–Crippen LogP) is 5.47. The maximum Gasteiger partial charge on any atom is 0.231 e. The standard InChI is InChI=1S/C24H22ClN3O2/c1-14-10-17-11-22(28-23(17)26-13-14)20-12-18(6-9-21(20)25)27-24(29)15(2)16-4-7-19(30-3)8-5-16/h4-10,12-13,15H,11H2,1-3H3,(H,27,29). The van der Waals surface area contributed by atoms with Crippen LogP contribution in [0.15, 0.2) is 59.7 Å². The monoisotopic (exact) mass is 419 g/mol. The van der Waals surface area contributed by atoms with Crippen molar-refractivity contribution in [1.29, 1.82) is 0 Å². The van der Waals surface area contributed by atoms with Crippen LogP contribution < -0.4 is 10.1 Å². The summed E-state index contributed by atoms with van der Waals surface area (Å²) in [5, 5.41) is 3.59. The van der Waals surface area contributed by atoms with E-state index in [9.17, 15) is 4.79 Å². The van der Waals surface area contributed by atoms with Crippen molar-refractivity contribution in [3.8, 4) is 5.75 Å². The largest absolute Gasteiger partial charge is 0.497 e. The number of ether oxygens (including phenoxy) is 1. The average molecular weight is 420 g/mol. The van der Waals surface area contributed by atoms with Gasteiger partial charge in [-0.2, -0.15) is 0 Å². The van der Waals surface area contributed by atoms with E-state index in [2.05, 4.69) is 21.4 Å². The van der Waals surface area contributed by atoms with Gasteiger partial charge in [0.15, 0.2) is 5.82 Å². The van der Waals surface area contributed by atoms with Gasteiger partial charge in [-0.1, -0.05) is 29.8 Å². The fourth-order valence-electron chi connectivity index (χ4n) is 3.48. The molecule has 1 atom stereocenters. The van der Waals surface area contributed by atoms with Gasteiger partial charge in [0.1, 0.15) is 5.75 Å². The van der Waals surface area contributed by atoms with Gasteiger partial charge in [-0.25, -0.2) is 9.98 Å². The second-order valence-electron chi connectivity index (χ2n) is 7.41. The average Bonchev–Trinajstić information content (AvgIpc) is 3.17. The van der Waals surface area contributed by atoms with E-state index in [0.717, 1.165) is 39.5 Å². The van der Waals surface area contributed by atoms with Crippen molar-refractivity contribution in [2.24, 2.45) is 4.99 Å². The lowest BCUT2D eigenvalue weighted by atomic mass is 10.00. The molecule has 3 aromatic rings. The number of aliphatic imine (C=N–C) groups is 1. The van der Waals surface area contributed by atoms with E-state index in [1.54, 1.807) is 19.2 Å². The molecule has 0 saturated carbocycles. The second-order valence-corrected chi connectivity index (χ2v) is 7.82. The molecular formula is C24H22ClN3O2. The van der Waals surface area contributed by atoms with Crippen molar-refractivity contribution in [2.45, 2.75) is 26.2 Å². The highest BCUT2D eigenvalue weighted by atomic mass is 35.5. The van der Waals surface area contributed by atoms with Crippen LogP contribution in [0.1, 0.15) is 35.1 Å². The van der Waals surface area contributed by atoms with Crippen LogP contribution in [-0.2, 0) is 11.2 Å². The third kappa shape index (κ3) is 4.07. The van der Waals surface area contributed by atoms with Gasteiger partial charge < -0.3 is 10.1 Å². The number of fused-ring (bicyclic) bond motifs is 1. The van der Waals surface area contributed by atoms with E-state index in [1.807, 2.05) is 50.4 Å². The van der Waals surface area contributed by atoms with E-state index in [1.165, 1.54) is 0 Å². The Kier molecular flexibility index (Phi) is 5.55. The maximum absolute atomic E-state index is 12.8. The number of hydrogen-bond acceptors (Lipinski definition) is 4. The van der Waals surface area contributed by atoms with Gasteiger partial charge in [0.25, 0.3) is 0 Å². The van der Waals surface area contributed by atoms with E-state index < -0.39 is 0 Å². The summed E-state index contributed by atoms with van der Waals surface area (Å²) >= 11 is 6.45. The summed E-state index contributed by atoms with van der Waals surface area (Å²) < 4.78 is 5.18. The van der Waals surface area contributed by atoms with Gasteiger partial charge in [0, 0.05) is 34.5 Å². The number of amides is 1. The summed E-state index contributed by atoms with van der Waals surface area (Å²) in [6.07, 6.45) is 2.48. The Morgan fingerprint density at radius 1 is 1.17 bits per heavy atom. The highest BCUT2D eigenvalue weighted by molar-refractivity contribution is 6.34. The van der Waals surface area contributed by atoms with Gasteiger partial charge in [-0.3, -0.25) is 4.79 Å². The molecule has 0 aliphatic carbocycles. The molecule has 152 valence electrons. The maximum atomic E-state index is 12.8. The van der Waals surface area contributed by atoms with Crippen LogP contribution in [0.5, 0.6) is 5.75 Å². The molecule has 0 fully saturated rings. The number of carbonyl (C=O) groups is 1. The number of halogens is 1. The molecule has 4 rings (SSSR count). The van der Waals surface area contributed by atoms with Crippen LogP contribution in [-0.4, -0.2) is 23.7 Å². The number of aromatic nitrogens is 1. The lowest BCUT2D eigenvalue weighted by Crippen LogP contribution is -2.19. The fraction of sp³-hybridized carbons (Fsp3) is 0.208. The summed E-state index contributed by atoms with van der Waals surface area (Å²) in [6, 6.07) is 15.1. The van der Waals surface area contributed by atoms with Gasteiger partial charge in [-0.15, -0.1) is 0 Å². The number of hydrogen-bond donors (Lipinski definition) is 1. The predicted molar refractivity (Wildman–Crippen MR) is 120 cm³/mol. The number of nitrogens with one attached hydrogen (secondary N) is 1. The first-order chi connectivity index (χ1) is 14.4. The molecule has 6 heteroatoms. The zero-order valence-electron chi connectivity index (χ0n) is 17.1. The van der Waals surface area contributed by atoms with E-state index >= 15 is 0 Å². The zero-order valence-corrected chi connectivity index (χ0v) is 17.8. The molecule has 30 heavy (non-hydrogen) atoms. The highest BCUT2D eigenvalue weighted by Crippen LogP contribution is 2.31. The first-order valence-corrected chi connectivity index (χ1v) is 10.1. The third-order valence-electron chi connectivity index (χ3n) is 5.23. The number of nitrogens with zero attached hydrogens (tertiary/aromatic N) is 2. The summed E-state index contributed by atoms with van der Waals surface area (Å²) in [6.45, 7) is 3.89. The summed E-state index contributed by atoms with van der Waals surface area (Å²) in [5.74, 6) is 1.09. The minimum absolute atomic E-state index is 0.0950. The molecule has 5 nitrogen and oxygen atoms in total. The van der Waals surface area contributed by atoms with Crippen molar-refractivity contribution in [1.82, 2.24) is 4.98 Å². The molecule has 1 aromatic heterocycles. The molecule has 2 heterocycles. The Balaban J connectivity index is 1.53. The second kappa shape index (κ2) is 8.28. The van der Waals surface area contributed by atoms with E-state index in [-0.39, 0.29) is 11.8 Å². The van der Waals surface area contributed by atoms with Crippen molar-refractivity contribution in [3.63, 3.8) is 0 Å². The quantitative estimate of drug-likeness (QED) is 0.596. The lowest BCUT2D eigenvalue weighted by molar-refractivity contribution is -0.117.